The zero-order chi connectivity index (χ0) is 6.69. The van der Waals surface area contributed by atoms with Crippen LogP contribution in [0.3, 0.4) is 0 Å². The Balaban J connectivity index is 2.75. The number of methoxy groups -OCH3 is 1. The van der Waals surface area contributed by atoms with Crippen LogP contribution in [0.2, 0.25) is 0 Å². The highest BCUT2D eigenvalue weighted by Crippen LogP contribution is 2.13. The van der Waals surface area contributed by atoms with Crippen molar-refractivity contribution in [1.82, 2.24) is 0 Å². The lowest BCUT2D eigenvalue weighted by molar-refractivity contribution is 0.285. The molecule has 1 rings (SSSR count). The Bertz CT molecular complexity index is 197. The summed E-state index contributed by atoms with van der Waals surface area (Å²) in [7, 11) is 1.63. The molecule has 0 atom stereocenters. The highest BCUT2D eigenvalue weighted by molar-refractivity contribution is 6.31. The molecule has 0 bridgehead atoms. The molecule has 0 aromatic heterocycles. The van der Waals surface area contributed by atoms with Gasteiger partial charge < -0.3 is 4.74 Å². The Morgan fingerprint density at radius 3 is 3.00 bits per heavy atom. The van der Waals surface area contributed by atoms with Crippen molar-refractivity contribution in [3.63, 3.8) is 0 Å². The van der Waals surface area contributed by atoms with Crippen molar-refractivity contribution >= 4 is 11.6 Å². The first-order chi connectivity index (χ1) is 4.33. The summed E-state index contributed by atoms with van der Waals surface area (Å²) in [5, 5.41) is 0.732. The second-order valence-electron chi connectivity index (χ2n) is 1.71. The molecule has 48 valence electrons. The molecule has 0 radical (unpaired) electrons. The van der Waals surface area contributed by atoms with Crippen molar-refractivity contribution in [2.75, 3.05) is 7.11 Å². The normalized spacial score (nSPS) is 16.7. The van der Waals surface area contributed by atoms with E-state index in [1.54, 1.807) is 13.2 Å². The molecule has 0 amide bonds. The molecule has 0 N–H and O–H groups in total. The molecule has 0 saturated heterocycles. The first-order valence-electron chi connectivity index (χ1n) is 2.68. The van der Waals surface area contributed by atoms with Crippen molar-refractivity contribution in [2.24, 2.45) is 0 Å². The van der Waals surface area contributed by atoms with Gasteiger partial charge in [-0.25, -0.2) is 0 Å². The summed E-state index contributed by atoms with van der Waals surface area (Å²) < 4.78 is 4.91. The highest BCUT2D eigenvalue weighted by Gasteiger charge is 1.96. The van der Waals surface area contributed by atoms with Crippen molar-refractivity contribution in [3.05, 3.63) is 28.7 Å². The summed E-state index contributed by atoms with van der Waals surface area (Å²) in [4.78, 5) is 0. The van der Waals surface area contributed by atoms with Crippen LogP contribution in [0.4, 0.5) is 0 Å². The minimum Gasteiger partial charge on any atom is -0.493 e. The largest absolute Gasteiger partial charge is 0.493 e. The number of allylic oxidation sites excluding steroid dienone is 2. The van der Waals surface area contributed by atoms with E-state index in [0.717, 1.165) is 17.2 Å². The van der Waals surface area contributed by atoms with Crippen molar-refractivity contribution in [2.45, 2.75) is 6.42 Å². The highest BCUT2D eigenvalue weighted by atomic mass is 35.5. The lowest BCUT2D eigenvalue weighted by Crippen LogP contribution is -1.85. The summed E-state index contributed by atoms with van der Waals surface area (Å²) in [6, 6.07) is 0. The standard InChI is InChI=1S/C7H7ClO/c1-9-7-4-2-6(8)3-5-7/h2-3H,4H2,1H3. The molecular formula is C7H7ClO. The molecule has 2 heteroatoms. The molecule has 0 spiro atoms. The van der Waals surface area contributed by atoms with E-state index in [4.69, 9.17) is 16.3 Å². The second kappa shape index (κ2) is 2.77. The summed E-state index contributed by atoms with van der Waals surface area (Å²) in [6.07, 6.45) is 4.34. The molecule has 0 saturated carbocycles. The summed E-state index contributed by atoms with van der Waals surface area (Å²) in [6.45, 7) is 0. The van der Waals surface area contributed by atoms with Crippen LogP contribution in [-0.4, -0.2) is 7.11 Å². The van der Waals surface area contributed by atoms with Gasteiger partial charge in [-0.3, -0.25) is 0 Å². The first kappa shape index (κ1) is 6.47. The predicted molar refractivity (Wildman–Crippen MR) is 37.2 cm³/mol. The summed E-state index contributed by atoms with van der Waals surface area (Å²) in [5.74, 6) is 0.833. The van der Waals surface area contributed by atoms with Gasteiger partial charge in [0, 0.05) is 17.5 Å². The lowest BCUT2D eigenvalue weighted by atomic mass is 10.2. The number of halogens is 1. The zero-order valence-corrected chi connectivity index (χ0v) is 5.90. The van der Waals surface area contributed by atoms with Crippen molar-refractivity contribution < 1.29 is 4.74 Å². The SMILES string of the molecule is COC1=C=CC(Cl)=CC1. The molecule has 0 fully saturated rings. The number of hydrogen-bond acceptors (Lipinski definition) is 1. The quantitative estimate of drug-likeness (QED) is 0.510. The Morgan fingerprint density at radius 1 is 1.78 bits per heavy atom. The van der Waals surface area contributed by atoms with Gasteiger partial charge in [-0.05, 0) is 0 Å². The molecule has 9 heavy (non-hydrogen) atoms. The Morgan fingerprint density at radius 2 is 2.56 bits per heavy atom. The van der Waals surface area contributed by atoms with Crippen LogP contribution in [0.25, 0.3) is 0 Å². The molecule has 0 aliphatic heterocycles. The molecular weight excluding hydrogens is 136 g/mol. The Labute approximate surface area is 59.3 Å². The van der Waals surface area contributed by atoms with E-state index in [0.29, 0.717) is 0 Å². The molecule has 0 aromatic carbocycles. The third-order valence-electron chi connectivity index (χ3n) is 1.10. The van der Waals surface area contributed by atoms with Crippen LogP contribution in [0.15, 0.2) is 28.7 Å². The second-order valence-corrected chi connectivity index (χ2v) is 2.15. The van der Waals surface area contributed by atoms with Gasteiger partial charge in [-0.1, -0.05) is 23.4 Å². The Hall–Kier alpha value is -0.650. The van der Waals surface area contributed by atoms with E-state index >= 15 is 0 Å². The van der Waals surface area contributed by atoms with Gasteiger partial charge in [0.25, 0.3) is 0 Å². The topological polar surface area (TPSA) is 9.23 Å². The van der Waals surface area contributed by atoms with E-state index in [-0.39, 0.29) is 0 Å². The predicted octanol–water partition coefficient (Wildman–Crippen LogP) is 2.20. The lowest BCUT2D eigenvalue weighted by Gasteiger charge is -2.01. The van der Waals surface area contributed by atoms with E-state index < -0.39 is 0 Å². The molecule has 0 aromatic rings. The molecule has 1 aliphatic rings. The van der Waals surface area contributed by atoms with E-state index in [1.807, 2.05) is 6.08 Å². The third-order valence-corrected chi connectivity index (χ3v) is 1.36. The average Bonchev–Trinajstić information content (AvgIpc) is 1.90. The van der Waals surface area contributed by atoms with Gasteiger partial charge in [0.2, 0.25) is 0 Å². The van der Waals surface area contributed by atoms with Crippen molar-refractivity contribution in [3.8, 4) is 0 Å². The van der Waals surface area contributed by atoms with Gasteiger partial charge in [-0.15, -0.1) is 0 Å². The average molecular weight is 143 g/mol. The van der Waals surface area contributed by atoms with Crippen LogP contribution < -0.4 is 0 Å². The van der Waals surface area contributed by atoms with E-state index in [1.165, 1.54) is 0 Å². The molecule has 1 aliphatic carbocycles. The monoisotopic (exact) mass is 142 g/mol. The van der Waals surface area contributed by atoms with Gasteiger partial charge in [0.15, 0.2) is 0 Å². The van der Waals surface area contributed by atoms with Crippen LogP contribution in [0.5, 0.6) is 0 Å². The molecule has 0 unspecified atom stereocenters. The molecule has 0 heterocycles. The van der Waals surface area contributed by atoms with Crippen LogP contribution in [0, 0.1) is 0 Å². The van der Waals surface area contributed by atoms with Crippen LogP contribution >= 0.6 is 11.6 Å². The minimum absolute atomic E-state index is 0.732. The van der Waals surface area contributed by atoms with Gasteiger partial charge >= 0.3 is 0 Å². The summed E-state index contributed by atoms with van der Waals surface area (Å²) >= 11 is 5.61. The smallest absolute Gasteiger partial charge is 0.142 e. The Kier molecular flexibility index (Phi) is 1.99. The van der Waals surface area contributed by atoms with Gasteiger partial charge in [0.1, 0.15) is 5.76 Å². The first-order valence-corrected chi connectivity index (χ1v) is 3.06. The fraction of sp³-hybridized carbons (Fsp3) is 0.286. The van der Waals surface area contributed by atoms with Crippen LogP contribution in [-0.2, 0) is 4.74 Å². The molecule has 1 nitrogen and oxygen atoms in total. The van der Waals surface area contributed by atoms with E-state index in [2.05, 4.69) is 5.73 Å². The minimum atomic E-state index is 0.732. The fourth-order valence-electron chi connectivity index (χ4n) is 0.600. The fourth-order valence-corrected chi connectivity index (χ4v) is 0.731. The number of rotatable bonds is 1. The maximum Gasteiger partial charge on any atom is 0.142 e. The maximum absolute atomic E-state index is 5.61. The number of hydrogen-bond donors (Lipinski definition) is 0. The van der Waals surface area contributed by atoms with Crippen LogP contribution in [0.1, 0.15) is 6.42 Å². The maximum atomic E-state index is 5.61. The number of ether oxygens (including phenoxy) is 1. The van der Waals surface area contributed by atoms with Gasteiger partial charge in [-0.2, -0.15) is 0 Å². The van der Waals surface area contributed by atoms with Crippen molar-refractivity contribution in [1.29, 1.82) is 0 Å². The van der Waals surface area contributed by atoms with Gasteiger partial charge in [0.05, 0.1) is 7.11 Å². The summed E-state index contributed by atoms with van der Waals surface area (Å²) in [5.41, 5.74) is 2.89. The zero-order valence-electron chi connectivity index (χ0n) is 5.15. The van der Waals surface area contributed by atoms with E-state index in [9.17, 15) is 0 Å². The third kappa shape index (κ3) is 1.63.